The molecule has 17 heavy (non-hydrogen) atoms. The number of nitrogens with zero attached hydrogens (tertiary/aromatic N) is 4. The van der Waals surface area contributed by atoms with Crippen LogP contribution >= 0.6 is 11.6 Å². The second kappa shape index (κ2) is 5.40. The molecule has 2 aromatic heterocycles. The van der Waals surface area contributed by atoms with Crippen LogP contribution in [0.3, 0.4) is 0 Å². The summed E-state index contributed by atoms with van der Waals surface area (Å²) in [6, 6.07) is 1.75. The number of carbonyl (C=O) groups excluding carboxylic acids is 1. The lowest BCUT2D eigenvalue weighted by molar-refractivity contribution is -0.113. The molecule has 0 aliphatic carbocycles. The third-order valence-electron chi connectivity index (χ3n) is 1.96. The number of alkyl halides is 1. The second-order valence-electron chi connectivity index (χ2n) is 3.27. The average Bonchev–Trinajstić information content (AvgIpc) is 2.77. The molecule has 0 aliphatic rings. The van der Waals surface area contributed by atoms with Crippen LogP contribution in [0.1, 0.15) is 5.82 Å². The summed E-state index contributed by atoms with van der Waals surface area (Å²) in [5.41, 5.74) is 0.603. The topological polar surface area (TPSA) is 72.7 Å². The van der Waals surface area contributed by atoms with E-state index in [0.29, 0.717) is 18.1 Å². The molecule has 7 heteroatoms. The smallest absolute Gasteiger partial charge is 0.239 e. The Kier molecular flexibility index (Phi) is 3.66. The number of halogens is 1. The lowest BCUT2D eigenvalue weighted by Gasteiger charge is -1.99. The predicted molar refractivity (Wildman–Crippen MR) is 62.7 cm³/mol. The van der Waals surface area contributed by atoms with E-state index in [1.165, 1.54) is 0 Å². The molecule has 1 N–H and O–H groups in total. The normalized spacial score (nSPS) is 10.2. The number of nitrogens with one attached hydrogen (secondary N) is 1. The Labute approximate surface area is 103 Å². The van der Waals surface area contributed by atoms with Crippen LogP contribution in [0.2, 0.25) is 0 Å². The van der Waals surface area contributed by atoms with E-state index < -0.39 is 0 Å². The number of rotatable bonds is 4. The summed E-state index contributed by atoms with van der Waals surface area (Å²) in [5.74, 6) is 0.320. The number of anilines is 1. The van der Waals surface area contributed by atoms with Gasteiger partial charge in [-0.25, -0.2) is 9.97 Å². The fraction of sp³-hybridized carbons (Fsp3) is 0.200. The van der Waals surface area contributed by atoms with E-state index in [4.69, 9.17) is 11.6 Å². The van der Waals surface area contributed by atoms with Crippen molar-refractivity contribution in [1.29, 1.82) is 0 Å². The molecule has 0 saturated heterocycles. The molecule has 0 radical (unpaired) electrons. The molecular formula is C10H10ClN5O. The number of amides is 1. The Bertz CT molecular complexity index is 498. The lowest BCUT2D eigenvalue weighted by Crippen LogP contribution is -2.12. The largest absolute Gasteiger partial charge is 0.322 e. The number of hydrogen-bond donors (Lipinski definition) is 1. The molecule has 0 unspecified atom stereocenters. The molecule has 0 saturated carbocycles. The quantitative estimate of drug-likeness (QED) is 0.820. The minimum absolute atomic E-state index is 0.0764. The van der Waals surface area contributed by atoms with Crippen molar-refractivity contribution in [3.8, 4) is 0 Å². The first-order valence-electron chi connectivity index (χ1n) is 4.92. The van der Waals surface area contributed by atoms with E-state index in [2.05, 4.69) is 20.4 Å². The zero-order valence-electron chi connectivity index (χ0n) is 8.88. The van der Waals surface area contributed by atoms with Crippen LogP contribution in [0.4, 0.5) is 5.69 Å². The monoisotopic (exact) mass is 251 g/mol. The van der Waals surface area contributed by atoms with E-state index in [9.17, 15) is 4.79 Å². The van der Waals surface area contributed by atoms with Gasteiger partial charge < -0.3 is 5.32 Å². The summed E-state index contributed by atoms with van der Waals surface area (Å²) in [5, 5.41) is 6.68. The Morgan fingerprint density at radius 1 is 1.41 bits per heavy atom. The zero-order chi connectivity index (χ0) is 12.1. The standard InChI is InChI=1S/C10H10ClN5O/c11-4-10(17)15-8-5-14-16(6-8)7-9-12-2-1-3-13-9/h1-3,5-6H,4,7H2,(H,15,17). The molecule has 0 aliphatic heterocycles. The van der Waals surface area contributed by atoms with Crippen LogP contribution in [-0.4, -0.2) is 31.5 Å². The van der Waals surface area contributed by atoms with Gasteiger partial charge >= 0.3 is 0 Å². The Balaban J connectivity index is 2.01. The van der Waals surface area contributed by atoms with Crippen LogP contribution in [0, 0.1) is 0 Å². The maximum Gasteiger partial charge on any atom is 0.239 e. The first-order valence-corrected chi connectivity index (χ1v) is 5.45. The van der Waals surface area contributed by atoms with Crippen LogP contribution in [0.5, 0.6) is 0 Å². The third-order valence-corrected chi connectivity index (χ3v) is 2.20. The highest BCUT2D eigenvalue weighted by atomic mass is 35.5. The van der Waals surface area contributed by atoms with E-state index in [1.807, 2.05) is 0 Å². The second-order valence-corrected chi connectivity index (χ2v) is 3.54. The Morgan fingerprint density at radius 2 is 2.18 bits per heavy atom. The van der Waals surface area contributed by atoms with Crippen LogP contribution in [0.15, 0.2) is 30.9 Å². The molecule has 88 valence electrons. The van der Waals surface area contributed by atoms with Gasteiger partial charge in [0.2, 0.25) is 5.91 Å². The fourth-order valence-electron chi connectivity index (χ4n) is 1.27. The third kappa shape index (κ3) is 3.25. The SMILES string of the molecule is O=C(CCl)Nc1cnn(Cc2ncccn2)c1. The van der Waals surface area contributed by atoms with Gasteiger partial charge in [0.1, 0.15) is 18.2 Å². The first kappa shape index (κ1) is 11.5. The van der Waals surface area contributed by atoms with Crippen molar-refractivity contribution in [3.63, 3.8) is 0 Å². The van der Waals surface area contributed by atoms with Gasteiger partial charge in [0.05, 0.1) is 11.9 Å². The Morgan fingerprint density at radius 3 is 2.88 bits per heavy atom. The van der Waals surface area contributed by atoms with Crippen molar-refractivity contribution in [3.05, 3.63) is 36.7 Å². The highest BCUT2D eigenvalue weighted by Crippen LogP contribution is 2.05. The van der Waals surface area contributed by atoms with Crippen molar-refractivity contribution in [2.45, 2.75) is 6.54 Å². The van der Waals surface area contributed by atoms with E-state index >= 15 is 0 Å². The van der Waals surface area contributed by atoms with Crippen LogP contribution in [0.25, 0.3) is 0 Å². The molecule has 2 aromatic rings. The predicted octanol–water partition coefficient (Wildman–Crippen LogP) is 0.899. The molecule has 0 fully saturated rings. The van der Waals surface area contributed by atoms with Crippen molar-refractivity contribution in [1.82, 2.24) is 19.7 Å². The molecule has 6 nitrogen and oxygen atoms in total. The molecule has 0 spiro atoms. The van der Waals surface area contributed by atoms with Gasteiger partial charge in [0, 0.05) is 18.6 Å². The summed E-state index contributed by atoms with van der Waals surface area (Å²) in [6.07, 6.45) is 6.58. The van der Waals surface area contributed by atoms with Crippen molar-refractivity contribution in [2.24, 2.45) is 0 Å². The fourth-order valence-corrected chi connectivity index (χ4v) is 1.33. The maximum absolute atomic E-state index is 11.0. The van der Waals surface area contributed by atoms with Gasteiger partial charge in [0.25, 0.3) is 0 Å². The van der Waals surface area contributed by atoms with Gasteiger partial charge in [-0.2, -0.15) is 5.10 Å². The first-order chi connectivity index (χ1) is 8.28. The number of carbonyl (C=O) groups is 1. The summed E-state index contributed by atoms with van der Waals surface area (Å²) < 4.78 is 1.64. The average molecular weight is 252 g/mol. The highest BCUT2D eigenvalue weighted by molar-refractivity contribution is 6.29. The van der Waals surface area contributed by atoms with E-state index in [-0.39, 0.29) is 11.8 Å². The molecule has 0 bridgehead atoms. The van der Waals surface area contributed by atoms with Crippen molar-refractivity contribution < 1.29 is 4.79 Å². The van der Waals surface area contributed by atoms with Gasteiger partial charge in [-0.3, -0.25) is 9.48 Å². The van der Waals surface area contributed by atoms with Gasteiger partial charge in [-0.15, -0.1) is 11.6 Å². The van der Waals surface area contributed by atoms with Gasteiger partial charge in [0.15, 0.2) is 0 Å². The van der Waals surface area contributed by atoms with Crippen LogP contribution in [-0.2, 0) is 11.3 Å². The Hall–Kier alpha value is -1.95. The molecular weight excluding hydrogens is 242 g/mol. The maximum atomic E-state index is 11.0. The highest BCUT2D eigenvalue weighted by Gasteiger charge is 2.04. The molecule has 1 amide bonds. The zero-order valence-corrected chi connectivity index (χ0v) is 9.63. The van der Waals surface area contributed by atoms with Crippen LogP contribution < -0.4 is 5.32 Å². The van der Waals surface area contributed by atoms with Gasteiger partial charge in [-0.1, -0.05) is 0 Å². The summed E-state index contributed by atoms with van der Waals surface area (Å²) in [6.45, 7) is 0.456. The summed E-state index contributed by atoms with van der Waals surface area (Å²) in [7, 11) is 0. The van der Waals surface area contributed by atoms with E-state index in [1.54, 1.807) is 35.5 Å². The molecule has 2 rings (SSSR count). The number of hydrogen-bond acceptors (Lipinski definition) is 4. The summed E-state index contributed by atoms with van der Waals surface area (Å²) in [4.78, 5) is 19.2. The molecule has 0 aromatic carbocycles. The lowest BCUT2D eigenvalue weighted by atomic mass is 10.5. The van der Waals surface area contributed by atoms with Crippen molar-refractivity contribution >= 4 is 23.2 Å². The number of aromatic nitrogens is 4. The van der Waals surface area contributed by atoms with E-state index in [0.717, 1.165) is 0 Å². The minimum Gasteiger partial charge on any atom is -0.322 e. The van der Waals surface area contributed by atoms with Crippen molar-refractivity contribution in [2.75, 3.05) is 11.2 Å². The minimum atomic E-state index is -0.262. The molecule has 0 atom stereocenters. The van der Waals surface area contributed by atoms with Gasteiger partial charge in [-0.05, 0) is 6.07 Å². The summed E-state index contributed by atoms with van der Waals surface area (Å²) >= 11 is 5.38. The molecule has 2 heterocycles.